The third kappa shape index (κ3) is 5.96. The van der Waals surface area contributed by atoms with Gasteiger partial charge in [-0.15, -0.1) is 0 Å². The van der Waals surface area contributed by atoms with E-state index in [1.54, 1.807) is 23.9 Å². The predicted octanol–water partition coefficient (Wildman–Crippen LogP) is 2.75. The van der Waals surface area contributed by atoms with E-state index in [1.807, 2.05) is 19.1 Å². The number of para-hydroxylation sites is 1. The Kier molecular flexibility index (Phi) is 6.40. The average Bonchev–Trinajstić information content (AvgIpc) is 2.27. The standard InChI is InChI=1S/C12H17ClN2OS/c1-9(14)8-17-7-6-12(16)15-11-5-3-2-4-10(11)13/h2-5,9H,6-8,14H2,1H3,(H,15,16). The molecule has 0 aliphatic carbocycles. The molecular formula is C12H17ClN2OS. The number of rotatable bonds is 6. The zero-order valence-electron chi connectivity index (χ0n) is 9.78. The quantitative estimate of drug-likeness (QED) is 0.783. The third-order valence-electron chi connectivity index (χ3n) is 2.00. The molecule has 0 aliphatic rings. The highest BCUT2D eigenvalue weighted by molar-refractivity contribution is 7.99. The second kappa shape index (κ2) is 7.58. The number of carbonyl (C=O) groups excluding carboxylic acids is 1. The SMILES string of the molecule is CC(N)CSCCC(=O)Nc1ccccc1Cl. The molecule has 17 heavy (non-hydrogen) atoms. The lowest BCUT2D eigenvalue weighted by Crippen LogP contribution is -2.18. The van der Waals surface area contributed by atoms with Crippen molar-refractivity contribution in [2.75, 3.05) is 16.8 Å². The first kappa shape index (κ1) is 14.4. The molecule has 0 aromatic heterocycles. The number of hydrogen-bond donors (Lipinski definition) is 2. The predicted molar refractivity (Wildman–Crippen MR) is 75.7 cm³/mol. The van der Waals surface area contributed by atoms with Crippen LogP contribution in [-0.4, -0.2) is 23.5 Å². The topological polar surface area (TPSA) is 55.1 Å². The summed E-state index contributed by atoms with van der Waals surface area (Å²) in [6.07, 6.45) is 0.475. The first-order chi connectivity index (χ1) is 8.09. The molecule has 0 radical (unpaired) electrons. The summed E-state index contributed by atoms with van der Waals surface area (Å²) in [6, 6.07) is 7.38. The van der Waals surface area contributed by atoms with E-state index < -0.39 is 0 Å². The van der Waals surface area contributed by atoms with E-state index >= 15 is 0 Å². The fraction of sp³-hybridized carbons (Fsp3) is 0.417. The van der Waals surface area contributed by atoms with Gasteiger partial charge in [0, 0.05) is 24.0 Å². The van der Waals surface area contributed by atoms with Crippen LogP contribution in [-0.2, 0) is 4.79 Å². The lowest BCUT2D eigenvalue weighted by molar-refractivity contribution is -0.115. The van der Waals surface area contributed by atoms with E-state index in [4.69, 9.17) is 17.3 Å². The molecule has 1 amide bonds. The molecule has 1 rings (SSSR count). The number of nitrogens with two attached hydrogens (primary N) is 1. The van der Waals surface area contributed by atoms with Gasteiger partial charge in [0.2, 0.25) is 5.91 Å². The van der Waals surface area contributed by atoms with Crippen molar-refractivity contribution in [1.82, 2.24) is 0 Å². The van der Waals surface area contributed by atoms with Gasteiger partial charge in [-0.05, 0) is 19.1 Å². The van der Waals surface area contributed by atoms with Crippen LogP contribution in [0, 0.1) is 0 Å². The highest BCUT2D eigenvalue weighted by Gasteiger charge is 2.05. The maximum absolute atomic E-state index is 11.6. The van der Waals surface area contributed by atoms with Crippen LogP contribution >= 0.6 is 23.4 Å². The number of halogens is 1. The largest absolute Gasteiger partial charge is 0.327 e. The molecule has 0 fully saturated rings. The summed E-state index contributed by atoms with van der Waals surface area (Å²) in [5.41, 5.74) is 6.28. The Morgan fingerprint density at radius 1 is 1.53 bits per heavy atom. The van der Waals surface area contributed by atoms with E-state index in [0.29, 0.717) is 17.1 Å². The van der Waals surface area contributed by atoms with Crippen LogP contribution < -0.4 is 11.1 Å². The molecule has 1 atom stereocenters. The van der Waals surface area contributed by atoms with Crippen LogP contribution in [0.2, 0.25) is 5.02 Å². The van der Waals surface area contributed by atoms with E-state index in [-0.39, 0.29) is 11.9 Å². The summed E-state index contributed by atoms with van der Waals surface area (Å²) in [5.74, 6) is 1.63. The molecule has 0 heterocycles. The molecule has 0 aliphatic heterocycles. The van der Waals surface area contributed by atoms with Gasteiger partial charge in [-0.1, -0.05) is 23.7 Å². The van der Waals surface area contributed by atoms with Crippen molar-refractivity contribution in [2.45, 2.75) is 19.4 Å². The summed E-state index contributed by atoms with van der Waals surface area (Å²) in [5, 5.41) is 3.34. The Morgan fingerprint density at radius 3 is 2.88 bits per heavy atom. The molecule has 3 nitrogen and oxygen atoms in total. The van der Waals surface area contributed by atoms with Gasteiger partial charge in [-0.3, -0.25) is 4.79 Å². The zero-order valence-corrected chi connectivity index (χ0v) is 11.4. The van der Waals surface area contributed by atoms with Crippen molar-refractivity contribution in [3.05, 3.63) is 29.3 Å². The molecule has 0 spiro atoms. The van der Waals surface area contributed by atoms with Crippen molar-refractivity contribution >= 4 is 35.0 Å². The number of hydrogen-bond acceptors (Lipinski definition) is 3. The lowest BCUT2D eigenvalue weighted by atomic mass is 10.3. The average molecular weight is 273 g/mol. The van der Waals surface area contributed by atoms with E-state index in [0.717, 1.165) is 11.5 Å². The number of benzene rings is 1. The molecule has 1 aromatic rings. The van der Waals surface area contributed by atoms with Gasteiger partial charge in [0.25, 0.3) is 0 Å². The molecule has 94 valence electrons. The number of thioether (sulfide) groups is 1. The van der Waals surface area contributed by atoms with Crippen molar-refractivity contribution < 1.29 is 4.79 Å². The number of nitrogens with one attached hydrogen (secondary N) is 1. The van der Waals surface area contributed by atoms with Crippen LogP contribution in [0.5, 0.6) is 0 Å². The van der Waals surface area contributed by atoms with Gasteiger partial charge in [-0.25, -0.2) is 0 Å². The van der Waals surface area contributed by atoms with Crippen molar-refractivity contribution in [1.29, 1.82) is 0 Å². The minimum Gasteiger partial charge on any atom is -0.327 e. The van der Waals surface area contributed by atoms with Gasteiger partial charge in [0.15, 0.2) is 0 Å². The molecule has 3 N–H and O–H groups in total. The van der Waals surface area contributed by atoms with E-state index in [1.165, 1.54) is 0 Å². The molecule has 0 saturated heterocycles. The maximum Gasteiger partial charge on any atom is 0.225 e. The Bertz CT molecular complexity index is 371. The van der Waals surface area contributed by atoms with Crippen LogP contribution in [0.4, 0.5) is 5.69 Å². The molecule has 1 aromatic carbocycles. The molecular weight excluding hydrogens is 256 g/mol. The summed E-state index contributed by atoms with van der Waals surface area (Å²) in [6.45, 7) is 1.96. The van der Waals surface area contributed by atoms with Gasteiger partial charge in [-0.2, -0.15) is 11.8 Å². The smallest absolute Gasteiger partial charge is 0.225 e. The number of anilines is 1. The molecule has 0 saturated carbocycles. The Labute approximate surface area is 111 Å². The van der Waals surface area contributed by atoms with Crippen LogP contribution in [0.15, 0.2) is 24.3 Å². The van der Waals surface area contributed by atoms with Gasteiger partial charge in [0.1, 0.15) is 0 Å². The van der Waals surface area contributed by atoms with Crippen LogP contribution in [0.3, 0.4) is 0 Å². The van der Waals surface area contributed by atoms with Crippen molar-refractivity contribution in [3.63, 3.8) is 0 Å². The molecule has 0 bridgehead atoms. The Balaban J connectivity index is 2.28. The number of amides is 1. The lowest BCUT2D eigenvalue weighted by Gasteiger charge is -2.07. The summed E-state index contributed by atoms with van der Waals surface area (Å²) < 4.78 is 0. The summed E-state index contributed by atoms with van der Waals surface area (Å²) in [7, 11) is 0. The minimum atomic E-state index is -0.0183. The second-order valence-corrected chi connectivity index (χ2v) is 5.39. The maximum atomic E-state index is 11.6. The Hall–Kier alpha value is -0.710. The monoisotopic (exact) mass is 272 g/mol. The van der Waals surface area contributed by atoms with Gasteiger partial charge in [0.05, 0.1) is 10.7 Å². The van der Waals surface area contributed by atoms with E-state index in [2.05, 4.69) is 5.32 Å². The fourth-order valence-electron chi connectivity index (χ4n) is 1.21. The number of carbonyl (C=O) groups is 1. The van der Waals surface area contributed by atoms with Crippen molar-refractivity contribution in [2.24, 2.45) is 5.73 Å². The van der Waals surface area contributed by atoms with Gasteiger partial charge < -0.3 is 11.1 Å². The summed E-state index contributed by atoms with van der Waals surface area (Å²) >= 11 is 7.62. The summed E-state index contributed by atoms with van der Waals surface area (Å²) in [4.78, 5) is 11.6. The first-order valence-corrected chi connectivity index (χ1v) is 7.00. The third-order valence-corrected chi connectivity index (χ3v) is 3.59. The fourth-order valence-corrected chi connectivity index (χ4v) is 2.26. The zero-order chi connectivity index (χ0) is 12.7. The molecule has 1 unspecified atom stereocenters. The highest BCUT2D eigenvalue weighted by Crippen LogP contribution is 2.20. The Morgan fingerprint density at radius 2 is 2.24 bits per heavy atom. The highest BCUT2D eigenvalue weighted by atomic mass is 35.5. The molecule has 5 heteroatoms. The van der Waals surface area contributed by atoms with Crippen LogP contribution in [0.25, 0.3) is 0 Å². The van der Waals surface area contributed by atoms with E-state index in [9.17, 15) is 4.79 Å². The van der Waals surface area contributed by atoms with Gasteiger partial charge >= 0.3 is 0 Å². The normalized spacial score (nSPS) is 12.2. The first-order valence-electron chi connectivity index (χ1n) is 5.47. The minimum absolute atomic E-state index is 0.0183. The second-order valence-electron chi connectivity index (χ2n) is 3.83. The van der Waals surface area contributed by atoms with Crippen LogP contribution in [0.1, 0.15) is 13.3 Å². The van der Waals surface area contributed by atoms with Crippen molar-refractivity contribution in [3.8, 4) is 0 Å².